The Labute approximate surface area is 181 Å². The third-order valence-corrected chi connectivity index (χ3v) is 6.55. The Hall–Kier alpha value is -1.85. The number of benzene rings is 2. The highest BCUT2D eigenvalue weighted by Gasteiger charge is 2.41. The van der Waals surface area contributed by atoms with Crippen molar-refractivity contribution in [3.63, 3.8) is 0 Å². The molecule has 152 valence electrons. The predicted octanol–water partition coefficient (Wildman–Crippen LogP) is 0.486. The topological polar surface area (TPSA) is 119 Å². The summed E-state index contributed by atoms with van der Waals surface area (Å²) in [7, 11) is 0. The second-order valence-electron chi connectivity index (χ2n) is 7.32. The van der Waals surface area contributed by atoms with Crippen molar-refractivity contribution < 1.29 is 24.9 Å². The number of amides is 1. The maximum absolute atomic E-state index is 12.9. The molecule has 1 heterocycles. The fraction of sp³-hybridized carbons (Fsp3) is 0.333. The molecule has 29 heavy (non-hydrogen) atoms. The van der Waals surface area contributed by atoms with Crippen LogP contribution >= 0.6 is 22.6 Å². The van der Waals surface area contributed by atoms with Crippen molar-refractivity contribution in [3.05, 3.63) is 59.2 Å². The quantitative estimate of drug-likeness (QED) is 0.259. The zero-order valence-electron chi connectivity index (χ0n) is 15.4. The Balaban J connectivity index is 1.53. The van der Waals surface area contributed by atoms with Gasteiger partial charge in [0.05, 0.1) is 23.8 Å². The second-order valence-corrected chi connectivity index (χ2v) is 8.20. The van der Waals surface area contributed by atoms with Gasteiger partial charge >= 0.3 is 0 Å². The average molecular weight is 508 g/mol. The molecular formula is C21H21IN2O5. The van der Waals surface area contributed by atoms with Gasteiger partial charge in [-0.05, 0) is 17.2 Å². The van der Waals surface area contributed by atoms with Crippen molar-refractivity contribution in [2.24, 2.45) is 0 Å². The number of ketones is 1. The number of nitrogens with one attached hydrogen (secondary N) is 2. The van der Waals surface area contributed by atoms with Crippen LogP contribution in [0.5, 0.6) is 0 Å². The van der Waals surface area contributed by atoms with Crippen molar-refractivity contribution >= 4 is 34.3 Å². The first-order valence-corrected chi connectivity index (χ1v) is 10.9. The van der Waals surface area contributed by atoms with Crippen LogP contribution in [-0.4, -0.2) is 68.4 Å². The van der Waals surface area contributed by atoms with Crippen LogP contribution in [0.4, 0.5) is 0 Å². The van der Waals surface area contributed by atoms with Crippen molar-refractivity contribution in [1.82, 2.24) is 10.6 Å². The minimum atomic E-state index is -1.30. The van der Waals surface area contributed by atoms with Gasteiger partial charge in [0.25, 0.3) is 5.91 Å². The fourth-order valence-electron chi connectivity index (χ4n) is 4.02. The van der Waals surface area contributed by atoms with Crippen LogP contribution in [0.2, 0.25) is 0 Å². The zero-order chi connectivity index (χ0) is 20.7. The minimum Gasteiger partial charge on any atom is -0.389 e. The Bertz CT molecular complexity index is 964. The number of aliphatic hydroxyl groups is 3. The predicted molar refractivity (Wildman–Crippen MR) is 115 cm³/mol. The van der Waals surface area contributed by atoms with Crippen molar-refractivity contribution in [2.45, 2.75) is 30.4 Å². The highest BCUT2D eigenvalue weighted by Crippen LogP contribution is 2.38. The monoisotopic (exact) mass is 508 g/mol. The summed E-state index contributed by atoms with van der Waals surface area (Å²) in [4.78, 5) is 25.7. The van der Waals surface area contributed by atoms with Crippen molar-refractivity contribution in [2.75, 3.05) is 11.0 Å². The molecule has 1 aliphatic carbocycles. The lowest BCUT2D eigenvalue weighted by Crippen LogP contribution is -2.67. The number of alkyl halides is 1. The van der Waals surface area contributed by atoms with Crippen molar-refractivity contribution in [1.29, 1.82) is 0 Å². The van der Waals surface area contributed by atoms with Gasteiger partial charge in [-0.2, -0.15) is 0 Å². The molecule has 0 spiro atoms. The van der Waals surface area contributed by atoms with Gasteiger partial charge in [-0.3, -0.25) is 9.59 Å². The summed E-state index contributed by atoms with van der Waals surface area (Å²) in [5.74, 6) is -0.607. The standard InChI is InChI=1S/C21H21IN2O5/c22-8-14-18(26)20(28)19(27)15(24-14)9-23-21(29)13-7-3-6-11-10-4-1-2-5-12(10)17(25)16(11)13/h1-7,14-15,18-20,24,26-28H,8-9H2,(H,23,29)/t14-,15-,18+,19+,20+/m0/s1. The molecule has 0 saturated carbocycles. The molecule has 5 atom stereocenters. The minimum absolute atomic E-state index is 0.0434. The van der Waals surface area contributed by atoms with Crippen LogP contribution < -0.4 is 10.6 Å². The Morgan fingerprint density at radius 2 is 1.59 bits per heavy atom. The number of aliphatic hydroxyl groups excluding tert-OH is 3. The number of halogens is 1. The first kappa shape index (κ1) is 20.4. The maximum Gasteiger partial charge on any atom is 0.252 e. The van der Waals surface area contributed by atoms with E-state index in [1.807, 2.05) is 18.2 Å². The van der Waals surface area contributed by atoms with Crippen LogP contribution in [0.25, 0.3) is 11.1 Å². The molecule has 1 fully saturated rings. The van der Waals surface area contributed by atoms with E-state index < -0.39 is 36.3 Å². The van der Waals surface area contributed by atoms with E-state index >= 15 is 0 Å². The van der Waals surface area contributed by atoms with Crippen LogP contribution in [-0.2, 0) is 0 Å². The molecular weight excluding hydrogens is 487 g/mol. The molecule has 2 aliphatic rings. The molecule has 1 aliphatic heterocycles. The number of hydrogen-bond donors (Lipinski definition) is 5. The molecule has 0 radical (unpaired) electrons. The molecule has 2 aromatic carbocycles. The molecule has 0 aromatic heterocycles. The Kier molecular flexibility index (Phi) is 5.71. The maximum atomic E-state index is 12.9. The number of piperidine rings is 1. The molecule has 7 nitrogen and oxygen atoms in total. The average Bonchev–Trinajstić information content (AvgIpc) is 3.04. The van der Waals surface area contributed by atoms with Crippen LogP contribution in [0, 0.1) is 0 Å². The molecule has 8 heteroatoms. The SMILES string of the molecule is O=C(NC[C@@H]1N[C@@H](CI)[C@@H](O)[C@@H](O)[C@@H]1O)c1cccc2c1C(=O)c1ccccc1-2. The summed E-state index contributed by atoms with van der Waals surface area (Å²) in [5, 5.41) is 36.1. The van der Waals surface area contributed by atoms with E-state index in [0.717, 1.165) is 11.1 Å². The van der Waals surface area contributed by atoms with E-state index in [4.69, 9.17) is 0 Å². The molecule has 1 saturated heterocycles. The van der Waals surface area contributed by atoms with Gasteiger partial charge in [-0.25, -0.2) is 0 Å². The van der Waals surface area contributed by atoms with Crippen LogP contribution in [0.1, 0.15) is 26.3 Å². The summed E-state index contributed by atoms with van der Waals surface area (Å²) in [6, 6.07) is 11.4. The highest BCUT2D eigenvalue weighted by atomic mass is 127. The number of carbonyl (C=O) groups excluding carboxylic acids is 2. The van der Waals surface area contributed by atoms with Gasteiger partial charge < -0.3 is 26.0 Å². The van der Waals surface area contributed by atoms with Gasteiger partial charge in [-0.15, -0.1) is 0 Å². The largest absolute Gasteiger partial charge is 0.389 e. The van der Waals surface area contributed by atoms with Crippen LogP contribution in [0.15, 0.2) is 42.5 Å². The van der Waals surface area contributed by atoms with E-state index in [-0.39, 0.29) is 17.9 Å². The van der Waals surface area contributed by atoms with Gasteiger partial charge in [0.1, 0.15) is 6.10 Å². The molecule has 0 bridgehead atoms. The van der Waals surface area contributed by atoms with E-state index in [9.17, 15) is 24.9 Å². The molecule has 2 aromatic rings. The lowest BCUT2D eigenvalue weighted by molar-refractivity contribution is -0.108. The van der Waals surface area contributed by atoms with Gasteiger partial charge in [0.15, 0.2) is 5.78 Å². The normalized spacial score (nSPS) is 28.0. The number of hydrogen-bond acceptors (Lipinski definition) is 6. The summed E-state index contributed by atoms with van der Waals surface area (Å²) in [6.45, 7) is 0.0434. The lowest BCUT2D eigenvalue weighted by atomic mass is 9.91. The number of rotatable bonds is 4. The zero-order valence-corrected chi connectivity index (χ0v) is 17.5. The molecule has 4 rings (SSSR count). The Morgan fingerprint density at radius 3 is 2.31 bits per heavy atom. The third-order valence-electron chi connectivity index (χ3n) is 5.60. The Morgan fingerprint density at radius 1 is 0.931 bits per heavy atom. The summed E-state index contributed by atoms with van der Waals surface area (Å²) in [5.41, 5.74) is 2.78. The highest BCUT2D eigenvalue weighted by molar-refractivity contribution is 14.1. The van der Waals surface area contributed by atoms with Gasteiger partial charge in [0, 0.05) is 28.1 Å². The number of fused-ring (bicyclic) bond motifs is 3. The van der Waals surface area contributed by atoms with Gasteiger partial charge in [-0.1, -0.05) is 59.0 Å². The summed E-state index contributed by atoms with van der Waals surface area (Å²) < 4.78 is 0.534. The van der Waals surface area contributed by atoms with Gasteiger partial charge in [0.2, 0.25) is 0 Å². The molecule has 0 unspecified atom stereocenters. The lowest BCUT2D eigenvalue weighted by Gasteiger charge is -2.41. The molecule has 1 amide bonds. The van der Waals surface area contributed by atoms with E-state index in [2.05, 4.69) is 33.2 Å². The summed E-state index contributed by atoms with van der Waals surface area (Å²) in [6.07, 6.45) is -3.60. The van der Waals surface area contributed by atoms with Crippen molar-refractivity contribution in [3.8, 4) is 11.1 Å². The third kappa shape index (κ3) is 3.49. The summed E-state index contributed by atoms with van der Waals surface area (Å²) >= 11 is 2.08. The van der Waals surface area contributed by atoms with E-state index in [1.165, 1.54) is 0 Å². The van der Waals surface area contributed by atoms with E-state index in [1.54, 1.807) is 24.3 Å². The van der Waals surface area contributed by atoms with E-state index in [0.29, 0.717) is 15.6 Å². The smallest absolute Gasteiger partial charge is 0.252 e. The fourth-order valence-corrected chi connectivity index (χ4v) is 4.80. The second kappa shape index (κ2) is 8.11. The first-order valence-electron chi connectivity index (χ1n) is 9.35. The molecule has 5 N–H and O–H groups in total. The first-order chi connectivity index (χ1) is 13.9. The van der Waals surface area contributed by atoms with Crippen LogP contribution in [0.3, 0.4) is 0 Å². The number of carbonyl (C=O) groups is 2.